The molecule has 0 amide bonds. The molecule has 4 heteroatoms. The van der Waals surface area contributed by atoms with E-state index in [0.29, 0.717) is 12.4 Å². The van der Waals surface area contributed by atoms with Crippen LogP contribution in [0, 0.1) is 0 Å². The Balaban J connectivity index is 2.55. The van der Waals surface area contributed by atoms with E-state index in [-0.39, 0.29) is 5.97 Å². The first-order valence-electron chi connectivity index (χ1n) is 8.04. The van der Waals surface area contributed by atoms with Gasteiger partial charge in [-0.3, -0.25) is 0 Å². The van der Waals surface area contributed by atoms with E-state index in [1.165, 1.54) is 11.6 Å². The molecule has 0 aromatic heterocycles. The van der Waals surface area contributed by atoms with Crippen molar-refractivity contribution in [2.24, 2.45) is 0 Å². The molecule has 132 valence electrons. The van der Waals surface area contributed by atoms with Gasteiger partial charge in [0.1, 0.15) is 5.75 Å². The lowest BCUT2D eigenvalue weighted by atomic mass is 10.1. The number of rotatable bonds is 9. The SMILES string of the molecule is C=CC(=O)OCCCC(C)=CC=C(C)c1ccc(OC(=O)C=C)cc1. The minimum atomic E-state index is -0.475. The minimum absolute atomic E-state index is 0.389. The van der Waals surface area contributed by atoms with Crippen LogP contribution in [-0.2, 0) is 14.3 Å². The van der Waals surface area contributed by atoms with Gasteiger partial charge in [0.2, 0.25) is 0 Å². The highest BCUT2D eigenvalue weighted by atomic mass is 16.5. The molecule has 0 saturated heterocycles. The lowest BCUT2D eigenvalue weighted by Gasteiger charge is -2.05. The van der Waals surface area contributed by atoms with Crippen molar-refractivity contribution >= 4 is 17.5 Å². The van der Waals surface area contributed by atoms with Gasteiger partial charge in [0, 0.05) is 12.2 Å². The fraction of sp³-hybridized carbons (Fsp3) is 0.238. The summed E-state index contributed by atoms with van der Waals surface area (Å²) in [5.41, 5.74) is 3.34. The zero-order chi connectivity index (χ0) is 18.7. The molecule has 0 aliphatic heterocycles. The first-order valence-corrected chi connectivity index (χ1v) is 8.04. The van der Waals surface area contributed by atoms with Crippen molar-refractivity contribution < 1.29 is 19.1 Å². The maximum Gasteiger partial charge on any atom is 0.335 e. The first kappa shape index (κ1) is 20.2. The van der Waals surface area contributed by atoms with E-state index in [1.54, 1.807) is 12.1 Å². The third kappa shape index (κ3) is 7.97. The molecule has 0 aliphatic rings. The summed E-state index contributed by atoms with van der Waals surface area (Å²) in [7, 11) is 0. The molecule has 0 heterocycles. The number of hydrogen-bond acceptors (Lipinski definition) is 4. The Kier molecular flexibility index (Phi) is 8.72. The van der Waals surface area contributed by atoms with Crippen LogP contribution < -0.4 is 4.74 Å². The second-order valence-electron chi connectivity index (χ2n) is 5.49. The van der Waals surface area contributed by atoms with Crippen LogP contribution in [0.3, 0.4) is 0 Å². The van der Waals surface area contributed by atoms with Crippen LogP contribution in [0.25, 0.3) is 5.57 Å². The zero-order valence-corrected chi connectivity index (χ0v) is 14.8. The quantitative estimate of drug-likeness (QED) is 0.216. The van der Waals surface area contributed by atoms with Crippen LogP contribution in [0.15, 0.2) is 67.3 Å². The highest BCUT2D eigenvalue weighted by Gasteiger charge is 2.01. The molecule has 0 radical (unpaired) electrons. The number of ether oxygens (including phenoxy) is 2. The van der Waals surface area contributed by atoms with Gasteiger partial charge in [0.25, 0.3) is 0 Å². The molecular formula is C21H24O4. The van der Waals surface area contributed by atoms with Gasteiger partial charge in [0.15, 0.2) is 0 Å². The Morgan fingerprint density at radius 2 is 1.64 bits per heavy atom. The van der Waals surface area contributed by atoms with Crippen LogP contribution in [0.4, 0.5) is 0 Å². The van der Waals surface area contributed by atoms with E-state index in [2.05, 4.69) is 19.2 Å². The van der Waals surface area contributed by atoms with Crippen molar-refractivity contribution in [3.63, 3.8) is 0 Å². The van der Waals surface area contributed by atoms with E-state index in [4.69, 9.17) is 9.47 Å². The van der Waals surface area contributed by atoms with Crippen LogP contribution in [-0.4, -0.2) is 18.5 Å². The van der Waals surface area contributed by atoms with Crippen LogP contribution in [0.2, 0.25) is 0 Å². The molecule has 0 atom stereocenters. The summed E-state index contributed by atoms with van der Waals surface area (Å²) in [5, 5.41) is 0. The average Bonchev–Trinajstić information content (AvgIpc) is 2.63. The molecule has 0 N–H and O–H groups in total. The van der Waals surface area contributed by atoms with Gasteiger partial charge in [-0.05, 0) is 50.0 Å². The smallest absolute Gasteiger partial charge is 0.335 e. The van der Waals surface area contributed by atoms with Crippen molar-refractivity contribution in [3.8, 4) is 5.75 Å². The molecule has 1 aromatic rings. The normalized spacial score (nSPS) is 11.6. The molecule has 25 heavy (non-hydrogen) atoms. The Morgan fingerprint density at radius 1 is 1.00 bits per heavy atom. The predicted molar refractivity (Wildman–Crippen MR) is 100 cm³/mol. The molecule has 4 nitrogen and oxygen atoms in total. The van der Waals surface area contributed by atoms with Crippen LogP contribution >= 0.6 is 0 Å². The third-order valence-electron chi connectivity index (χ3n) is 3.44. The molecule has 0 unspecified atom stereocenters. The Morgan fingerprint density at radius 3 is 2.24 bits per heavy atom. The zero-order valence-electron chi connectivity index (χ0n) is 14.8. The van der Waals surface area contributed by atoms with Crippen molar-refractivity contribution in [1.82, 2.24) is 0 Å². The summed E-state index contributed by atoms with van der Waals surface area (Å²) in [6, 6.07) is 7.29. The fourth-order valence-electron chi connectivity index (χ4n) is 1.97. The predicted octanol–water partition coefficient (Wildman–Crippen LogP) is 4.64. The highest BCUT2D eigenvalue weighted by Crippen LogP contribution is 2.19. The summed E-state index contributed by atoms with van der Waals surface area (Å²) in [6.45, 7) is 11.2. The number of carbonyl (C=O) groups excluding carboxylic acids is 2. The summed E-state index contributed by atoms with van der Waals surface area (Å²) in [6.07, 6.45) is 8.01. The molecule has 0 saturated carbocycles. The Labute approximate surface area is 149 Å². The second kappa shape index (κ2) is 10.8. The van der Waals surface area contributed by atoms with E-state index in [1.807, 2.05) is 32.1 Å². The standard InChI is InChI=1S/C21H24O4/c1-5-20(22)24-15-7-8-16(3)9-10-17(4)18-11-13-19(14-12-18)25-21(23)6-2/h5-6,9-14H,1-2,7-8,15H2,3-4H3. The summed E-state index contributed by atoms with van der Waals surface area (Å²) in [5.74, 6) is -0.376. The Bertz CT molecular complexity index is 678. The maximum atomic E-state index is 11.1. The van der Waals surface area contributed by atoms with E-state index in [0.717, 1.165) is 30.1 Å². The largest absolute Gasteiger partial charge is 0.463 e. The molecule has 0 spiro atoms. The highest BCUT2D eigenvalue weighted by molar-refractivity contribution is 5.83. The van der Waals surface area contributed by atoms with Crippen LogP contribution in [0.5, 0.6) is 5.75 Å². The number of carbonyl (C=O) groups is 2. The molecule has 1 rings (SSSR count). The summed E-state index contributed by atoms with van der Waals surface area (Å²) in [4.78, 5) is 22.1. The van der Waals surface area contributed by atoms with Crippen molar-refractivity contribution in [2.45, 2.75) is 26.7 Å². The first-order chi connectivity index (χ1) is 12.0. The summed E-state index contributed by atoms with van der Waals surface area (Å²) < 4.78 is 9.99. The third-order valence-corrected chi connectivity index (χ3v) is 3.44. The van der Waals surface area contributed by atoms with Gasteiger partial charge in [-0.25, -0.2) is 9.59 Å². The van der Waals surface area contributed by atoms with Gasteiger partial charge in [-0.15, -0.1) is 0 Å². The topological polar surface area (TPSA) is 52.6 Å². The molecular weight excluding hydrogens is 316 g/mol. The maximum absolute atomic E-state index is 11.1. The minimum Gasteiger partial charge on any atom is -0.463 e. The molecule has 0 aliphatic carbocycles. The van der Waals surface area contributed by atoms with Crippen molar-refractivity contribution in [2.75, 3.05) is 6.61 Å². The molecule has 0 bridgehead atoms. The molecule has 1 aromatic carbocycles. The lowest BCUT2D eigenvalue weighted by molar-refractivity contribution is -0.137. The number of benzene rings is 1. The van der Waals surface area contributed by atoms with Gasteiger partial charge >= 0.3 is 11.9 Å². The van der Waals surface area contributed by atoms with E-state index >= 15 is 0 Å². The number of allylic oxidation sites excluding steroid dienone is 4. The number of hydrogen-bond donors (Lipinski definition) is 0. The average molecular weight is 340 g/mol. The fourth-order valence-corrected chi connectivity index (χ4v) is 1.97. The van der Waals surface area contributed by atoms with Gasteiger partial charge < -0.3 is 9.47 Å². The number of esters is 2. The van der Waals surface area contributed by atoms with Gasteiger partial charge in [0.05, 0.1) is 6.61 Å². The van der Waals surface area contributed by atoms with E-state index < -0.39 is 5.97 Å². The van der Waals surface area contributed by atoms with Crippen molar-refractivity contribution in [3.05, 3.63) is 72.9 Å². The monoisotopic (exact) mass is 340 g/mol. The van der Waals surface area contributed by atoms with Crippen molar-refractivity contribution in [1.29, 1.82) is 0 Å². The Hall–Kier alpha value is -2.88. The van der Waals surface area contributed by atoms with E-state index in [9.17, 15) is 9.59 Å². The summed E-state index contributed by atoms with van der Waals surface area (Å²) >= 11 is 0. The lowest BCUT2D eigenvalue weighted by Crippen LogP contribution is -2.02. The van der Waals surface area contributed by atoms with Gasteiger partial charge in [-0.2, -0.15) is 0 Å². The second-order valence-corrected chi connectivity index (χ2v) is 5.49. The van der Waals surface area contributed by atoms with Crippen LogP contribution in [0.1, 0.15) is 32.3 Å². The van der Waals surface area contributed by atoms with Gasteiger partial charge in [-0.1, -0.05) is 43.0 Å². The molecule has 0 fully saturated rings.